The lowest BCUT2D eigenvalue weighted by Gasteiger charge is -2.13. The summed E-state index contributed by atoms with van der Waals surface area (Å²) in [4.78, 5) is 13.4. The van der Waals surface area contributed by atoms with Gasteiger partial charge in [0.2, 0.25) is 0 Å². The van der Waals surface area contributed by atoms with Crippen molar-refractivity contribution in [3.63, 3.8) is 0 Å². The summed E-state index contributed by atoms with van der Waals surface area (Å²) in [5.74, 6) is -0.498. The molecule has 0 spiro atoms. The first-order chi connectivity index (χ1) is 13.1. The standard InChI is InChI=1S/C21H16F2N4.2ClH/c1-12-15(13-5-8-17(22)18(23)10-13)6-7-16-19(12)26-20(27-21(16)24-2)14-4-3-9-25-11-14;;/h3-11H,1-2H3,(H,24,26,27);2*1H. The number of halogens is 4. The molecule has 4 rings (SSSR count). The summed E-state index contributed by atoms with van der Waals surface area (Å²) >= 11 is 0. The molecule has 0 bridgehead atoms. The van der Waals surface area contributed by atoms with E-state index >= 15 is 0 Å². The lowest BCUT2D eigenvalue weighted by atomic mass is 9.97. The minimum absolute atomic E-state index is 0. The summed E-state index contributed by atoms with van der Waals surface area (Å²) in [6, 6.07) is 11.4. The van der Waals surface area contributed by atoms with Gasteiger partial charge in [-0.15, -0.1) is 24.8 Å². The Labute approximate surface area is 179 Å². The smallest absolute Gasteiger partial charge is 0.163 e. The van der Waals surface area contributed by atoms with Gasteiger partial charge >= 0.3 is 0 Å². The molecule has 0 aliphatic rings. The number of rotatable bonds is 3. The molecule has 0 saturated carbocycles. The first kappa shape index (κ1) is 22.5. The minimum Gasteiger partial charge on any atom is -0.373 e. The minimum atomic E-state index is -0.873. The lowest BCUT2D eigenvalue weighted by molar-refractivity contribution is 0.509. The van der Waals surface area contributed by atoms with Crippen LogP contribution in [0.25, 0.3) is 33.4 Å². The average molecular weight is 435 g/mol. The first-order valence-electron chi connectivity index (χ1n) is 8.43. The summed E-state index contributed by atoms with van der Waals surface area (Å²) in [6.07, 6.45) is 3.39. The Bertz CT molecular complexity index is 1150. The summed E-state index contributed by atoms with van der Waals surface area (Å²) in [6.45, 7) is 1.92. The SMILES string of the molecule is CNc1nc(-c2cccnc2)nc2c(C)c(-c3ccc(F)c(F)c3)ccc12.Cl.Cl. The average Bonchev–Trinajstić information content (AvgIpc) is 2.70. The van der Waals surface area contributed by atoms with Crippen LogP contribution in [0.5, 0.6) is 0 Å². The van der Waals surface area contributed by atoms with Crippen molar-refractivity contribution in [2.45, 2.75) is 6.92 Å². The number of fused-ring (bicyclic) bond motifs is 1. The van der Waals surface area contributed by atoms with Gasteiger partial charge in [-0.25, -0.2) is 18.7 Å². The largest absolute Gasteiger partial charge is 0.373 e. The van der Waals surface area contributed by atoms with E-state index in [2.05, 4.69) is 15.3 Å². The number of pyridine rings is 1. The number of aryl methyl sites for hydroxylation is 1. The maximum absolute atomic E-state index is 13.7. The Morgan fingerprint density at radius 1 is 0.897 bits per heavy atom. The van der Waals surface area contributed by atoms with Crippen LogP contribution in [0, 0.1) is 18.6 Å². The van der Waals surface area contributed by atoms with Crippen LogP contribution in [0.1, 0.15) is 5.56 Å². The van der Waals surface area contributed by atoms with Crippen LogP contribution in [0.15, 0.2) is 54.9 Å². The molecule has 0 aliphatic heterocycles. The molecule has 2 heterocycles. The zero-order valence-electron chi connectivity index (χ0n) is 15.6. The van der Waals surface area contributed by atoms with Crippen LogP contribution in [0.4, 0.5) is 14.6 Å². The van der Waals surface area contributed by atoms with E-state index in [9.17, 15) is 8.78 Å². The highest BCUT2D eigenvalue weighted by Crippen LogP contribution is 2.33. The van der Waals surface area contributed by atoms with Gasteiger partial charge in [-0.2, -0.15) is 0 Å². The molecule has 2 aromatic carbocycles. The van der Waals surface area contributed by atoms with Crippen molar-refractivity contribution in [3.8, 4) is 22.5 Å². The topological polar surface area (TPSA) is 50.7 Å². The second-order valence-corrected chi connectivity index (χ2v) is 6.15. The van der Waals surface area contributed by atoms with Crippen LogP contribution in [0.3, 0.4) is 0 Å². The van der Waals surface area contributed by atoms with Crippen molar-refractivity contribution in [2.24, 2.45) is 0 Å². The molecular formula is C21H18Cl2F2N4. The first-order valence-corrected chi connectivity index (χ1v) is 8.43. The van der Waals surface area contributed by atoms with Gasteiger partial charge in [-0.3, -0.25) is 4.98 Å². The molecule has 29 heavy (non-hydrogen) atoms. The number of nitrogens with zero attached hydrogens (tertiary/aromatic N) is 3. The summed E-state index contributed by atoms with van der Waals surface area (Å²) in [7, 11) is 1.80. The molecule has 0 aliphatic carbocycles. The number of benzene rings is 2. The van der Waals surface area contributed by atoms with Gasteiger partial charge in [-0.05, 0) is 53.9 Å². The number of hydrogen-bond donors (Lipinski definition) is 1. The van der Waals surface area contributed by atoms with Crippen molar-refractivity contribution >= 4 is 41.5 Å². The number of anilines is 1. The predicted molar refractivity (Wildman–Crippen MR) is 117 cm³/mol. The number of nitrogens with one attached hydrogen (secondary N) is 1. The van der Waals surface area contributed by atoms with Gasteiger partial charge in [0.1, 0.15) is 5.82 Å². The van der Waals surface area contributed by atoms with Gasteiger partial charge < -0.3 is 5.32 Å². The van der Waals surface area contributed by atoms with Gasteiger partial charge in [-0.1, -0.05) is 12.1 Å². The van der Waals surface area contributed by atoms with E-state index in [0.717, 1.165) is 33.7 Å². The highest BCUT2D eigenvalue weighted by molar-refractivity contribution is 5.96. The molecule has 4 nitrogen and oxygen atoms in total. The third-order valence-electron chi connectivity index (χ3n) is 4.51. The van der Waals surface area contributed by atoms with Crippen molar-refractivity contribution in [1.82, 2.24) is 15.0 Å². The van der Waals surface area contributed by atoms with E-state index in [1.807, 2.05) is 31.2 Å². The molecule has 8 heteroatoms. The van der Waals surface area contributed by atoms with Crippen molar-refractivity contribution in [3.05, 3.63) is 72.1 Å². The third-order valence-corrected chi connectivity index (χ3v) is 4.51. The molecule has 0 radical (unpaired) electrons. The maximum atomic E-state index is 13.7. The van der Waals surface area contributed by atoms with Gasteiger partial charge in [0.05, 0.1) is 5.52 Å². The fourth-order valence-electron chi connectivity index (χ4n) is 3.12. The van der Waals surface area contributed by atoms with Gasteiger partial charge in [0.25, 0.3) is 0 Å². The van der Waals surface area contributed by atoms with Crippen molar-refractivity contribution < 1.29 is 8.78 Å². The zero-order valence-corrected chi connectivity index (χ0v) is 17.2. The fourth-order valence-corrected chi connectivity index (χ4v) is 3.12. The van der Waals surface area contributed by atoms with Crippen LogP contribution in [-0.4, -0.2) is 22.0 Å². The van der Waals surface area contributed by atoms with Crippen molar-refractivity contribution in [1.29, 1.82) is 0 Å². The van der Waals surface area contributed by atoms with Crippen LogP contribution >= 0.6 is 24.8 Å². The highest BCUT2D eigenvalue weighted by Gasteiger charge is 2.14. The second-order valence-electron chi connectivity index (χ2n) is 6.15. The molecule has 150 valence electrons. The fraction of sp³-hybridized carbons (Fsp3) is 0.0952. The summed E-state index contributed by atoms with van der Waals surface area (Å²) in [5, 5.41) is 3.96. The monoisotopic (exact) mass is 434 g/mol. The summed E-state index contributed by atoms with van der Waals surface area (Å²) in [5.41, 5.74) is 3.80. The Morgan fingerprint density at radius 3 is 2.34 bits per heavy atom. The number of hydrogen-bond acceptors (Lipinski definition) is 4. The Morgan fingerprint density at radius 2 is 1.69 bits per heavy atom. The van der Waals surface area contributed by atoms with Gasteiger partial charge in [0, 0.05) is 30.4 Å². The Balaban J connectivity index is 0.00000150. The maximum Gasteiger partial charge on any atom is 0.163 e. The van der Waals surface area contributed by atoms with Crippen LogP contribution in [-0.2, 0) is 0 Å². The van der Waals surface area contributed by atoms with E-state index < -0.39 is 11.6 Å². The molecule has 4 aromatic rings. The zero-order chi connectivity index (χ0) is 19.0. The molecular weight excluding hydrogens is 417 g/mol. The van der Waals surface area contributed by atoms with Crippen LogP contribution in [0.2, 0.25) is 0 Å². The molecule has 0 atom stereocenters. The van der Waals surface area contributed by atoms with E-state index in [-0.39, 0.29) is 24.8 Å². The normalized spacial score (nSPS) is 10.2. The molecule has 2 aromatic heterocycles. The molecule has 0 saturated heterocycles. The Hall–Kier alpha value is -2.83. The highest BCUT2D eigenvalue weighted by atomic mass is 35.5. The lowest BCUT2D eigenvalue weighted by Crippen LogP contribution is -2.01. The molecule has 1 N–H and O–H groups in total. The van der Waals surface area contributed by atoms with E-state index in [1.165, 1.54) is 6.07 Å². The predicted octanol–water partition coefficient (Wildman–Crippen LogP) is 5.83. The number of aromatic nitrogens is 3. The van der Waals surface area contributed by atoms with E-state index in [1.54, 1.807) is 25.5 Å². The van der Waals surface area contributed by atoms with Gasteiger partial charge in [0.15, 0.2) is 17.5 Å². The molecule has 0 fully saturated rings. The molecule has 0 unspecified atom stereocenters. The summed E-state index contributed by atoms with van der Waals surface area (Å²) < 4.78 is 27.0. The van der Waals surface area contributed by atoms with E-state index in [0.29, 0.717) is 17.2 Å². The molecule has 0 amide bonds. The van der Waals surface area contributed by atoms with Crippen molar-refractivity contribution in [2.75, 3.05) is 12.4 Å². The van der Waals surface area contributed by atoms with Crippen LogP contribution < -0.4 is 5.32 Å². The Kier molecular flexibility index (Phi) is 7.06. The second kappa shape index (κ2) is 9.11. The third kappa shape index (κ3) is 4.13. The quantitative estimate of drug-likeness (QED) is 0.440. The van der Waals surface area contributed by atoms with E-state index in [4.69, 9.17) is 4.98 Å².